The second kappa shape index (κ2) is 7.37. The van der Waals surface area contributed by atoms with Crippen LogP contribution >= 0.6 is 0 Å². The number of ether oxygens (including phenoxy) is 1. The molecule has 5 nitrogen and oxygen atoms in total. The number of fused-ring (bicyclic) bond motifs is 1. The first-order valence-electron chi connectivity index (χ1n) is 9.72. The molecule has 30 heavy (non-hydrogen) atoms. The molecule has 0 fully saturated rings. The van der Waals surface area contributed by atoms with Crippen molar-refractivity contribution >= 4 is 16.7 Å². The van der Waals surface area contributed by atoms with Gasteiger partial charge in [-0.2, -0.15) is 0 Å². The molecule has 3 aromatic carbocycles. The fourth-order valence-electron chi connectivity index (χ4n) is 3.62. The van der Waals surface area contributed by atoms with Crippen LogP contribution in [0.4, 0.5) is 5.82 Å². The van der Waals surface area contributed by atoms with Crippen LogP contribution in [-0.2, 0) is 0 Å². The summed E-state index contributed by atoms with van der Waals surface area (Å²) in [6.45, 7) is 2.06. The highest BCUT2D eigenvalue weighted by Crippen LogP contribution is 2.34. The van der Waals surface area contributed by atoms with E-state index in [1.54, 1.807) is 0 Å². The van der Waals surface area contributed by atoms with Crippen molar-refractivity contribution in [1.29, 1.82) is 0 Å². The third-order valence-electron chi connectivity index (χ3n) is 5.11. The lowest BCUT2D eigenvalue weighted by Crippen LogP contribution is -1.99. The Labute approximate surface area is 174 Å². The van der Waals surface area contributed by atoms with E-state index in [9.17, 15) is 0 Å². The first-order chi connectivity index (χ1) is 14.7. The Morgan fingerprint density at radius 2 is 1.50 bits per heavy atom. The molecule has 0 aliphatic carbocycles. The Morgan fingerprint density at radius 3 is 2.27 bits per heavy atom. The molecule has 0 saturated heterocycles. The van der Waals surface area contributed by atoms with Crippen molar-refractivity contribution in [3.8, 4) is 28.3 Å². The van der Waals surface area contributed by atoms with E-state index < -0.39 is 0 Å². The summed E-state index contributed by atoms with van der Waals surface area (Å²) in [6, 6.07) is 25.7. The Hall–Kier alpha value is -4.12. The molecule has 0 saturated carbocycles. The summed E-state index contributed by atoms with van der Waals surface area (Å²) in [5, 5.41) is 5.50. The number of nitrogens with zero attached hydrogens (tertiary/aromatic N) is 3. The second-order valence-electron chi connectivity index (χ2n) is 7.10. The van der Waals surface area contributed by atoms with E-state index in [4.69, 9.17) is 10.5 Å². The van der Waals surface area contributed by atoms with Gasteiger partial charge in [0.1, 0.15) is 11.5 Å². The standard InChI is InChI=1S/C25H20N4O/c1-17-7-5-6-10-22(17)29-23-16-27-15-21(24(23)25(26)28-29)18-11-13-20(14-12-18)30-19-8-3-2-4-9-19/h2-16H,1H3,(H2,26,28). The highest BCUT2D eigenvalue weighted by Gasteiger charge is 2.16. The molecule has 146 valence electrons. The van der Waals surface area contributed by atoms with Crippen LogP contribution in [-0.4, -0.2) is 14.8 Å². The lowest BCUT2D eigenvalue weighted by Gasteiger charge is -2.09. The molecule has 0 amide bonds. The molecule has 0 bridgehead atoms. The number of benzene rings is 3. The molecular weight excluding hydrogens is 372 g/mol. The largest absolute Gasteiger partial charge is 0.457 e. The Bertz CT molecular complexity index is 1320. The van der Waals surface area contributed by atoms with Crippen molar-refractivity contribution in [1.82, 2.24) is 14.8 Å². The second-order valence-corrected chi connectivity index (χ2v) is 7.10. The summed E-state index contributed by atoms with van der Waals surface area (Å²) in [7, 11) is 0. The van der Waals surface area contributed by atoms with Crippen LogP contribution in [0.2, 0.25) is 0 Å². The molecule has 5 aromatic rings. The normalized spacial score (nSPS) is 11.0. The van der Waals surface area contributed by atoms with Crippen molar-refractivity contribution in [3.05, 3.63) is 96.8 Å². The molecule has 0 radical (unpaired) electrons. The van der Waals surface area contributed by atoms with Gasteiger partial charge in [-0.3, -0.25) is 4.98 Å². The van der Waals surface area contributed by atoms with Crippen LogP contribution in [0, 0.1) is 6.92 Å². The first-order valence-corrected chi connectivity index (χ1v) is 9.72. The lowest BCUT2D eigenvalue weighted by atomic mass is 10.0. The van der Waals surface area contributed by atoms with Crippen molar-refractivity contribution in [2.24, 2.45) is 0 Å². The van der Waals surface area contributed by atoms with E-state index in [0.717, 1.165) is 44.8 Å². The summed E-state index contributed by atoms with van der Waals surface area (Å²) in [6.07, 6.45) is 3.64. The van der Waals surface area contributed by atoms with Crippen molar-refractivity contribution < 1.29 is 4.74 Å². The number of rotatable bonds is 4. The smallest absolute Gasteiger partial charge is 0.154 e. The van der Waals surface area contributed by atoms with Gasteiger partial charge in [0.25, 0.3) is 0 Å². The predicted octanol–water partition coefficient (Wildman–Crippen LogP) is 5.77. The molecule has 0 aliphatic heterocycles. The number of aromatic nitrogens is 3. The lowest BCUT2D eigenvalue weighted by molar-refractivity contribution is 0.483. The number of hydrogen-bond acceptors (Lipinski definition) is 4. The van der Waals surface area contributed by atoms with E-state index in [0.29, 0.717) is 5.82 Å². The Morgan fingerprint density at radius 1 is 0.800 bits per heavy atom. The molecule has 2 heterocycles. The maximum atomic E-state index is 6.35. The molecule has 2 aromatic heterocycles. The minimum atomic E-state index is 0.482. The number of anilines is 1. The van der Waals surface area contributed by atoms with Crippen LogP contribution in [0.25, 0.3) is 27.7 Å². The average molecular weight is 392 g/mol. The summed E-state index contributed by atoms with van der Waals surface area (Å²) >= 11 is 0. The molecule has 2 N–H and O–H groups in total. The number of nitrogen functional groups attached to an aromatic ring is 1. The monoisotopic (exact) mass is 392 g/mol. The van der Waals surface area contributed by atoms with Crippen LogP contribution in [0.1, 0.15) is 5.56 Å². The van der Waals surface area contributed by atoms with E-state index >= 15 is 0 Å². The number of pyridine rings is 1. The highest BCUT2D eigenvalue weighted by atomic mass is 16.5. The van der Waals surface area contributed by atoms with Gasteiger partial charge in [-0.25, -0.2) is 4.68 Å². The number of para-hydroxylation sites is 2. The third kappa shape index (κ3) is 3.16. The van der Waals surface area contributed by atoms with E-state index in [1.807, 2.05) is 89.9 Å². The first kappa shape index (κ1) is 17.9. The van der Waals surface area contributed by atoms with Gasteiger partial charge in [0.2, 0.25) is 0 Å². The van der Waals surface area contributed by atoms with Gasteiger partial charge < -0.3 is 10.5 Å². The van der Waals surface area contributed by atoms with E-state index in [1.165, 1.54) is 0 Å². The zero-order valence-corrected chi connectivity index (χ0v) is 16.5. The van der Waals surface area contributed by atoms with E-state index in [2.05, 4.69) is 23.1 Å². The molecule has 5 heteroatoms. The fraction of sp³-hybridized carbons (Fsp3) is 0.0400. The quantitative estimate of drug-likeness (QED) is 0.422. The summed E-state index contributed by atoms with van der Waals surface area (Å²) in [5.41, 5.74) is 11.3. The van der Waals surface area contributed by atoms with Crippen molar-refractivity contribution in [3.63, 3.8) is 0 Å². The fourth-order valence-corrected chi connectivity index (χ4v) is 3.62. The zero-order valence-electron chi connectivity index (χ0n) is 16.5. The molecular formula is C25H20N4O. The molecule has 0 atom stereocenters. The number of nitrogens with two attached hydrogens (primary N) is 1. The van der Waals surface area contributed by atoms with Gasteiger partial charge in [0.15, 0.2) is 5.82 Å². The summed E-state index contributed by atoms with van der Waals surface area (Å²) < 4.78 is 7.76. The van der Waals surface area contributed by atoms with Gasteiger partial charge >= 0.3 is 0 Å². The van der Waals surface area contributed by atoms with Gasteiger partial charge in [-0.05, 0) is 48.4 Å². The third-order valence-corrected chi connectivity index (χ3v) is 5.11. The summed E-state index contributed by atoms with van der Waals surface area (Å²) in [5.74, 6) is 2.06. The zero-order chi connectivity index (χ0) is 20.5. The molecule has 0 spiro atoms. The highest BCUT2D eigenvalue weighted by molar-refractivity contribution is 6.01. The Kier molecular flexibility index (Phi) is 4.41. The predicted molar refractivity (Wildman–Crippen MR) is 120 cm³/mol. The van der Waals surface area contributed by atoms with Crippen molar-refractivity contribution in [2.45, 2.75) is 6.92 Å². The minimum absolute atomic E-state index is 0.482. The maximum Gasteiger partial charge on any atom is 0.154 e. The van der Waals surface area contributed by atoms with Gasteiger partial charge in [0, 0.05) is 11.8 Å². The SMILES string of the molecule is Cc1ccccc1-n1nc(N)c2c(-c3ccc(Oc4ccccc4)cc3)cncc21. The number of aryl methyl sites for hydroxylation is 1. The molecule has 0 aliphatic rings. The molecule has 5 rings (SSSR count). The maximum absolute atomic E-state index is 6.35. The Balaban J connectivity index is 1.56. The minimum Gasteiger partial charge on any atom is -0.457 e. The van der Waals surface area contributed by atoms with Crippen LogP contribution in [0.15, 0.2) is 91.3 Å². The van der Waals surface area contributed by atoms with E-state index in [-0.39, 0.29) is 0 Å². The van der Waals surface area contributed by atoms with Crippen LogP contribution in [0.3, 0.4) is 0 Å². The number of hydrogen-bond donors (Lipinski definition) is 1. The van der Waals surface area contributed by atoms with Gasteiger partial charge in [0.05, 0.1) is 22.8 Å². The van der Waals surface area contributed by atoms with Gasteiger partial charge in [-0.1, -0.05) is 48.5 Å². The summed E-state index contributed by atoms with van der Waals surface area (Å²) in [4.78, 5) is 4.46. The van der Waals surface area contributed by atoms with Crippen molar-refractivity contribution in [2.75, 3.05) is 5.73 Å². The molecule has 0 unspecified atom stereocenters. The average Bonchev–Trinajstić information content (AvgIpc) is 3.12. The topological polar surface area (TPSA) is 66.0 Å². The van der Waals surface area contributed by atoms with Crippen LogP contribution in [0.5, 0.6) is 11.5 Å². The van der Waals surface area contributed by atoms with Gasteiger partial charge in [-0.15, -0.1) is 5.10 Å². The van der Waals surface area contributed by atoms with Crippen LogP contribution < -0.4 is 10.5 Å².